The molecule has 5 aromatic rings. The number of pyridine rings is 2. The van der Waals surface area contributed by atoms with Crippen LogP contribution in [0.5, 0.6) is 5.75 Å². The number of amides is 1. The molecule has 1 atom stereocenters. The van der Waals surface area contributed by atoms with Gasteiger partial charge >= 0.3 is 0 Å². The number of phenolic OH excluding ortho intramolecular Hbond substituents is 1. The monoisotopic (exact) mass is 536 g/mol. The van der Waals surface area contributed by atoms with Crippen molar-refractivity contribution in [2.24, 2.45) is 0 Å². The van der Waals surface area contributed by atoms with Gasteiger partial charge in [0.15, 0.2) is 17.8 Å². The maximum atomic E-state index is 14.7. The van der Waals surface area contributed by atoms with E-state index in [0.717, 1.165) is 41.4 Å². The number of aldehydes is 1. The first-order valence-electron chi connectivity index (χ1n) is 12.8. The van der Waals surface area contributed by atoms with Crippen molar-refractivity contribution in [1.82, 2.24) is 24.8 Å². The number of nitrogens with zero attached hydrogens (tertiary/aromatic N) is 4. The Kier molecular flexibility index (Phi) is 6.43. The summed E-state index contributed by atoms with van der Waals surface area (Å²) in [4.78, 5) is 37.3. The second kappa shape index (κ2) is 10.2. The summed E-state index contributed by atoms with van der Waals surface area (Å²) >= 11 is 0. The van der Waals surface area contributed by atoms with Gasteiger partial charge in [0.2, 0.25) is 6.17 Å². The summed E-state index contributed by atoms with van der Waals surface area (Å²) in [5.41, 5.74) is 10.9. The predicted octanol–water partition coefficient (Wildman–Crippen LogP) is 4.79. The lowest BCUT2D eigenvalue weighted by Crippen LogP contribution is -2.26. The lowest BCUT2D eigenvalue weighted by Gasteiger charge is -2.13. The first-order chi connectivity index (χ1) is 19.4. The second-order valence-electron chi connectivity index (χ2n) is 9.74. The highest BCUT2D eigenvalue weighted by atomic mass is 19.1. The summed E-state index contributed by atoms with van der Waals surface area (Å²) in [7, 11) is 0. The fourth-order valence-corrected chi connectivity index (χ4v) is 4.62. The number of aromatic hydroxyl groups is 1. The number of benzene rings is 2. The Labute approximate surface area is 228 Å². The summed E-state index contributed by atoms with van der Waals surface area (Å²) in [5, 5.41) is 12.4. The van der Waals surface area contributed by atoms with Crippen molar-refractivity contribution in [2.45, 2.75) is 31.5 Å². The molecule has 0 saturated heterocycles. The van der Waals surface area contributed by atoms with Crippen molar-refractivity contribution in [3.8, 4) is 22.8 Å². The van der Waals surface area contributed by atoms with Gasteiger partial charge in [-0.1, -0.05) is 18.2 Å². The molecule has 1 amide bonds. The van der Waals surface area contributed by atoms with Crippen molar-refractivity contribution in [3.63, 3.8) is 0 Å². The Balaban J connectivity index is 1.26. The van der Waals surface area contributed by atoms with Crippen LogP contribution in [0, 0.1) is 0 Å². The maximum Gasteiger partial charge on any atom is 0.259 e. The number of carbonyl (C=O) groups excluding carboxylic acids is 2. The summed E-state index contributed by atoms with van der Waals surface area (Å²) in [5.74, 6) is 0.213. The van der Waals surface area contributed by atoms with Gasteiger partial charge in [-0.15, -0.1) is 0 Å². The average molecular weight is 537 g/mol. The van der Waals surface area contributed by atoms with Gasteiger partial charge < -0.3 is 16.2 Å². The number of phenols is 1. The van der Waals surface area contributed by atoms with E-state index in [1.807, 2.05) is 47.0 Å². The topological polar surface area (TPSA) is 136 Å². The van der Waals surface area contributed by atoms with Crippen LogP contribution in [0.15, 0.2) is 72.9 Å². The SMILES string of the molecule is Nc1ncccc1-c1nc2ccc(C3CC3)nc2n1-c1ccc(CNC(=O)C(F)c2ccc(C=O)c(O)c2)cc1. The Morgan fingerprint density at radius 2 is 1.93 bits per heavy atom. The number of nitrogens with one attached hydrogen (secondary N) is 1. The second-order valence-corrected chi connectivity index (χ2v) is 9.74. The molecule has 1 saturated carbocycles. The molecule has 1 aliphatic rings. The van der Waals surface area contributed by atoms with Gasteiger partial charge in [0.25, 0.3) is 5.91 Å². The van der Waals surface area contributed by atoms with Crippen LogP contribution in [0.3, 0.4) is 0 Å². The molecule has 3 heterocycles. The number of nitrogen functional groups attached to an aromatic ring is 1. The van der Waals surface area contributed by atoms with Gasteiger partial charge in [-0.2, -0.15) is 0 Å². The molecule has 6 rings (SSSR count). The van der Waals surface area contributed by atoms with E-state index in [0.29, 0.717) is 35.1 Å². The quantitative estimate of drug-likeness (QED) is 0.243. The van der Waals surface area contributed by atoms with Crippen molar-refractivity contribution < 1.29 is 19.1 Å². The minimum atomic E-state index is -2.00. The zero-order valence-electron chi connectivity index (χ0n) is 21.3. The van der Waals surface area contributed by atoms with E-state index in [9.17, 15) is 19.1 Å². The smallest absolute Gasteiger partial charge is 0.259 e. The summed E-state index contributed by atoms with van der Waals surface area (Å²) in [6.07, 6.45) is 2.34. The highest BCUT2D eigenvalue weighted by Crippen LogP contribution is 2.40. The number of alkyl halides is 1. The minimum absolute atomic E-state index is 0.0236. The Morgan fingerprint density at radius 1 is 1.12 bits per heavy atom. The molecule has 0 aliphatic heterocycles. The first kappa shape index (κ1) is 25.2. The predicted molar refractivity (Wildman–Crippen MR) is 148 cm³/mol. The number of aromatic nitrogens is 4. The number of hydrogen-bond acceptors (Lipinski definition) is 7. The van der Waals surface area contributed by atoms with Crippen LogP contribution in [0.1, 0.15) is 52.1 Å². The molecule has 2 aromatic carbocycles. The van der Waals surface area contributed by atoms with Gasteiger partial charge in [-0.25, -0.2) is 19.3 Å². The molecule has 3 aromatic heterocycles. The number of hydrogen-bond donors (Lipinski definition) is 3. The van der Waals surface area contributed by atoms with Gasteiger partial charge in [-0.3, -0.25) is 14.2 Å². The van der Waals surface area contributed by atoms with E-state index in [-0.39, 0.29) is 23.4 Å². The highest BCUT2D eigenvalue weighted by molar-refractivity contribution is 5.84. The highest BCUT2D eigenvalue weighted by Gasteiger charge is 2.27. The molecule has 200 valence electrons. The standard InChI is InChI=1S/C30H25FN6O3/c31-26(19-7-8-20(16-38)25(39)14-19)30(40)34-15-17-3-9-21(10-4-17)37-28(22-2-1-13-33-27(22)32)36-24-12-11-23(18-5-6-18)35-29(24)37/h1-4,7-14,16,18,26,39H,5-6,15H2,(H2,32,33)(H,34,40). The Morgan fingerprint density at radius 3 is 2.62 bits per heavy atom. The summed E-state index contributed by atoms with van der Waals surface area (Å²) in [6.45, 7) is 0.0924. The van der Waals surface area contributed by atoms with Gasteiger partial charge in [0.05, 0.1) is 11.1 Å². The van der Waals surface area contributed by atoms with E-state index in [1.165, 1.54) is 12.1 Å². The Hall–Kier alpha value is -5.12. The zero-order valence-corrected chi connectivity index (χ0v) is 21.3. The zero-order chi connectivity index (χ0) is 27.8. The molecule has 0 spiro atoms. The van der Waals surface area contributed by atoms with Crippen LogP contribution < -0.4 is 11.1 Å². The number of carbonyl (C=O) groups is 2. The lowest BCUT2D eigenvalue weighted by atomic mass is 10.1. The Bertz CT molecular complexity index is 1750. The van der Waals surface area contributed by atoms with E-state index in [4.69, 9.17) is 15.7 Å². The van der Waals surface area contributed by atoms with Gasteiger partial charge in [0.1, 0.15) is 17.1 Å². The number of nitrogens with two attached hydrogens (primary N) is 1. The summed E-state index contributed by atoms with van der Waals surface area (Å²) in [6, 6.07) is 18.8. The minimum Gasteiger partial charge on any atom is -0.507 e. The van der Waals surface area contributed by atoms with E-state index in [2.05, 4.69) is 10.3 Å². The van der Waals surface area contributed by atoms with Gasteiger partial charge in [-0.05, 0) is 72.5 Å². The first-order valence-corrected chi connectivity index (χ1v) is 12.8. The average Bonchev–Trinajstić information content (AvgIpc) is 3.76. The lowest BCUT2D eigenvalue weighted by molar-refractivity contribution is -0.126. The van der Waals surface area contributed by atoms with Crippen molar-refractivity contribution in [2.75, 3.05) is 5.73 Å². The molecule has 0 bridgehead atoms. The third-order valence-corrected chi connectivity index (χ3v) is 6.97. The largest absolute Gasteiger partial charge is 0.507 e. The molecule has 1 fully saturated rings. The normalized spacial score (nSPS) is 13.7. The molecule has 10 heteroatoms. The third kappa shape index (κ3) is 4.75. The van der Waals surface area contributed by atoms with Crippen LogP contribution >= 0.6 is 0 Å². The molecular formula is C30H25FN6O3. The molecule has 1 unspecified atom stereocenters. The van der Waals surface area contributed by atoms with Crippen LogP contribution in [-0.4, -0.2) is 36.8 Å². The number of anilines is 1. The molecular weight excluding hydrogens is 511 g/mol. The van der Waals surface area contributed by atoms with Crippen LogP contribution in [0.4, 0.5) is 10.2 Å². The van der Waals surface area contributed by atoms with E-state index >= 15 is 0 Å². The molecule has 1 aliphatic carbocycles. The van der Waals surface area contributed by atoms with Crippen molar-refractivity contribution >= 4 is 29.2 Å². The number of fused-ring (bicyclic) bond motifs is 1. The number of halogens is 1. The number of imidazole rings is 1. The molecule has 9 nitrogen and oxygen atoms in total. The maximum absolute atomic E-state index is 14.7. The van der Waals surface area contributed by atoms with Gasteiger partial charge in [0, 0.05) is 30.0 Å². The fourth-order valence-electron chi connectivity index (χ4n) is 4.62. The van der Waals surface area contributed by atoms with Crippen molar-refractivity contribution in [3.05, 3.63) is 95.3 Å². The fraction of sp³-hybridized carbons (Fsp3) is 0.167. The van der Waals surface area contributed by atoms with E-state index < -0.39 is 12.1 Å². The summed E-state index contributed by atoms with van der Waals surface area (Å²) < 4.78 is 16.7. The van der Waals surface area contributed by atoms with Crippen LogP contribution in [-0.2, 0) is 11.3 Å². The molecule has 40 heavy (non-hydrogen) atoms. The third-order valence-electron chi connectivity index (χ3n) is 6.97. The van der Waals surface area contributed by atoms with Crippen LogP contribution in [0.2, 0.25) is 0 Å². The van der Waals surface area contributed by atoms with Crippen molar-refractivity contribution in [1.29, 1.82) is 0 Å². The van der Waals surface area contributed by atoms with E-state index in [1.54, 1.807) is 12.3 Å². The molecule has 4 N–H and O–H groups in total. The van der Waals surface area contributed by atoms with Crippen LogP contribution in [0.25, 0.3) is 28.2 Å². The number of rotatable bonds is 8. The molecule has 0 radical (unpaired) electrons.